The number of aromatic nitrogens is 1. The van der Waals surface area contributed by atoms with E-state index in [4.69, 9.17) is 4.74 Å². The first-order valence-corrected chi connectivity index (χ1v) is 12.8. The number of pyridine rings is 1. The fraction of sp³-hybridized carbons (Fsp3) is 0.419. The maximum absolute atomic E-state index is 13.0. The number of ketones is 1. The standard InChI is InChI=1S/C31H39N3O2/c1-30(2)18-23(19-31(3,4)33-30)16-28(35)24-12-10-22(11-13-24)21-36-27-9-7-8-25(17-27)26-14-15-29(32-20-26)34(5)6/h7-15,17,20,23,33H,16,18-19,21H2,1-6H3. The summed E-state index contributed by atoms with van der Waals surface area (Å²) < 4.78 is 6.06. The first-order valence-electron chi connectivity index (χ1n) is 12.8. The Bertz CT molecular complexity index is 1170. The van der Waals surface area contributed by atoms with Gasteiger partial charge in [-0.05, 0) is 81.8 Å². The number of piperidine rings is 1. The van der Waals surface area contributed by atoms with Crippen molar-refractivity contribution >= 4 is 11.6 Å². The number of anilines is 1. The van der Waals surface area contributed by atoms with Gasteiger partial charge >= 0.3 is 0 Å². The van der Waals surface area contributed by atoms with Crippen LogP contribution in [0.25, 0.3) is 11.1 Å². The maximum Gasteiger partial charge on any atom is 0.163 e. The molecule has 5 nitrogen and oxygen atoms in total. The molecule has 1 N–H and O–H groups in total. The van der Waals surface area contributed by atoms with Crippen molar-refractivity contribution in [2.45, 2.75) is 64.6 Å². The molecule has 0 radical (unpaired) electrons. The fourth-order valence-electron chi connectivity index (χ4n) is 5.60. The van der Waals surface area contributed by atoms with E-state index in [1.54, 1.807) is 0 Å². The number of benzene rings is 2. The van der Waals surface area contributed by atoms with Gasteiger partial charge in [0.25, 0.3) is 0 Å². The summed E-state index contributed by atoms with van der Waals surface area (Å²) in [5.41, 5.74) is 4.04. The van der Waals surface area contributed by atoms with E-state index in [-0.39, 0.29) is 16.9 Å². The van der Waals surface area contributed by atoms with Crippen LogP contribution in [-0.4, -0.2) is 35.9 Å². The fourth-order valence-corrected chi connectivity index (χ4v) is 5.60. The van der Waals surface area contributed by atoms with Gasteiger partial charge in [-0.3, -0.25) is 4.79 Å². The van der Waals surface area contributed by atoms with E-state index in [0.717, 1.165) is 46.7 Å². The van der Waals surface area contributed by atoms with Crippen LogP contribution in [0, 0.1) is 5.92 Å². The van der Waals surface area contributed by atoms with E-state index in [9.17, 15) is 4.79 Å². The van der Waals surface area contributed by atoms with Crippen molar-refractivity contribution in [3.63, 3.8) is 0 Å². The highest BCUT2D eigenvalue weighted by molar-refractivity contribution is 5.96. The van der Waals surface area contributed by atoms with Gasteiger partial charge in [-0.15, -0.1) is 0 Å². The SMILES string of the molecule is CN(C)c1ccc(-c2cccc(OCc3ccc(C(=O)CC4CC(C)(C)NC(C)(C)C4)cc3)c2)cn1. The van der Waals surface area contributed by atoms with Gasteiger partial charge in [0.1, 0.15) is 18.2 Å². The average molecular weight is 486 g/mol. The number of ether oxygens (including phenoxy) is 1. The molecule has 3 aromatic rings. The Morgan fingerprint density at radius 1 is 0.972 bits per heavy atom. The second-order valence-corrected chi connectivity index (χ2v) is 11.6. The summed E-state index contributed by atoms with van der Waals surface area (Å²) in [6, 6.07) is 20.0. The first-order chi connectivity index (χ1) is 17.0. The van der Waals surface area contributed by atoms with Crippen molar-refractivity contribution in [2.75, 3.05) is 19.0 Å². The highest BCUT2D eigenvalue weighted by Gasteiger charge is 2.38. The lowest BCUT2D eigenvalue weighted by atomic mass is 9.74. The molecule has 4 rings (SSSR count). The minimum Gasteiger partial charge on any atom is -0.489 e. The molecule has 1 aliphatic rings. The lowest BCUT2D eigenvalue weighted by molar-refractivity contribution is 0.0864. The van der Waals surface area contributed by atoms with Crippen molar-refractivity contribution in [2.24, 2.45) is 5.92 Å². The van der Waals surface area contributed by atoms with Crippen LogP contribution in [0.4, 0.5) is 5.82 Å². The van der Waals surface area contributed by atoms with E-state index in [2.05, 4.69) is 50.1 Å². The maximum atomic E-state index is 13.0. The largest absolute Gasteiger partial charge is 0.489 e. The average Bonchev–Trinajstić information content (AvgIpc) is 2.81. The second kappa shape index (κ2) is 10.4. The van der Waals surface area contributed by atoms with Gasteiger partial charge in [-0.1, -0.05) is 36.4 Å². The number of hydrogen-bond donors (Lipinski definition) is 1. The second-order valence-electron chi connectivity index (χ2n) is 11.6. The quantitative estimate of drug-likeness (QED) is 0.368. The monoisotopic (exact) mass is 485 g/mol. The number of Topliss-reactive ketones (excluding diaryl/α,β-unsaturated/α-hetero) is 1. The van der Waals surface area contributed by atoms with Crippen LogP contribution in [0.1, 0.15) is 62.9 Å². The number of hydrogen-bond acceptors (Lipinski definition) is 5. The van der Waals surface area contributed by atoms with Gasteiger partial charge in [0.15, 0.2) is 5.78 Å². The molecular weight excluding hydrogens is 446 g/mol. The normalized spacial score (nSPS) is 16.9. The Balaban J connectivity index is 1.34. The summed E-state index contributed by atoms with van der Waals surface area (Å²) in [4.78, 5) is 19.5. The zero-order valence-corrected chi connectivity index (χ0v) is 22.5. The molecule has 1 fully saturated rings. The predicted molar refractivity (Wildman–Crippen MR) is 148 cm³/mol. The zero-order valence-electron chi connectivity index (χ0n) is 22.5. The van der Waals surface area contributed by atoms with Crippen LogP contribution in [-0.2, 0) is 6.61 Å². The Morgan fingerprint density at radius 3 is 2.28 bits per heavy atom. The van der Waals surface area contributed by atoms with E-state index >= 15 is 0 Å². The van der Waals surface area contributed by atoms with Crippen LogP contribution in [0.5, 0.6) is 5.75 Å². The molecule has 1 saturated heterocycles. The van der Waals surface area contributed by atoms with Crippen molar-refractivity contribution < 1.29 is 9.53 Å². The molecule has 190 valence electrons. The van der Waals surface area contributed by atoms with Crippen LogP contribution in [0.3, 0.4) is 0 Å². The van der Waals surface area contributed by atoms with Crippen molar-refractivity contribution in [1.82, 2.24) is 10.3 Å². The van der Waals surface area contributed by atoms with Gasteiger partial charge in [-0.25, -0.2) is 4.98 Å². The van der Waals surface area contributed by atoms with Crippen molar-refractivity contribution in [3.8, 4) is 16.9 Å². The third-order valence-electron chi connectivity index (χ3n) is 6.80. The molecule has 36 heavy (non-hydrogen) atoms. The highest BCUT2D eigenvalue weighted by Crippen LogP contribution is 2.35. The van der Waals surface area contributed by atoms with Gasteiger partial charge in [-0.2, -0.15) is 0 Å². The van der Waals surface area contributed by atoms with E-state index < -0.39 is 0 Å². The predicted octanol–water partition coefficient (Wildman–Crippen LogP) is 6.52. The Morgan fingerprint density at radius 2 is 1.67 bits per heavy atom. The molecule has 0 spiro atoms. The summed E-state index contributed by atoms with van der Waals surface area (Å²) in [6.07, 6.45) is 4.52. The molecule has 0 saturated carbocycles. The third-order valence-corrected chi connectivity index (χ3v) is 6.80. The van der Waals surface area contributed by atoms with Gasteiger partial charge < -0.3 is 15.0 Å². The minimum atomic E-state index is 0.0530. The van der Waals surface area contributed by atoms with Crippen molar-refractivity contribution in [1.29, 1.82) is 0 Å². The smallest absolute Gasteiger partial charge is 0.163 e. The first kappa shape index (κ1) is 25.9. The summed E-state index contributed by atoms with van der Waals surface area (Å²) in [7, 11) is 3.96. The van der Waals surface area contributed by atoms with Crippen LogP contribution in [0.2, 0.25) is 0 Å². The molecule has 0 unspecified atom stereocenters. The van der Waals surface area contributed by atoms with Gasteiger partial charge in [0.2, 0.25) is 0 Å². The van der Waals surface area contributed by atoms with Crippen LogP contribution >= 0.6 is 0 Å². The third kappa shape index (κ3) is 6.73. The summed E-state index contributed by atoms with van der Waals surface area (Å²) in [5.74, 6) is 2.35. The number of carbonyl (C=O) groups is 1. The topological polar surface area (TPSA) is 54.5 Å². The molecule has 2 heterocycles. The molecule has 1 aromatic heterocycles. The van der Waals surface area contributed by atoms with Crippen LogP contribution in [0.15, 0.2) is 66.9 Å². The van der Waals surface area contributed by atoms with Crippen LogP contribution < -0.4 is 15.0 Å². The number of nitrogens with one attached hydrogen (secondary N) is 1. The molecule has 1 aliphatic heterocycles. The number of nitrogens with zero attached hydrogens (tertiary/aromatic N) is 2. The molecule has 2 aromatic carbocycles. The molecule has 0 amide bonds. The number of carbonyl (C=O) groups excluding carboxylic acids is 1. The summed E-state index contributed by atoms with van der Waals surface area (Å²) in [5, 5.41) is 3.70. The van der Waals surface area contributed by atoms with E-state index in [0.29, 0.717) is 18.9 Å². The lowest BCUT2D eigenvalue weighted by Crippen LogP contribution is -2.57. The van der Waals surface area contributed by atoms with E-state index in [1.165, 1.54) is 0 Å². The summed E-state index contributed by atoms with van der Waals surface area (Å²) in [6.45, 7) is 9.37. The summed E-state index contributed by atoms with van der Waals surface area (Å²) >= 11 is 0. The zero-order chi connectivity index (χ0) is 25.9. The Hall–Kier alpha value is -3.18. The highest BCUT2D eigenvalue weighted by atomic mass is 16.5. The van der Waals surface area contributed by atoms with Gasteiger partial charge in [0, 0.05) is 48.9 Å². The lowest BCUT2D eigenvalue weighted by Gasteiger charge is -2.46. The molecule has 5 heteroatoms. The molecule has 0 aliphatic carbocycles. The molecule has 0 bridgehead atoms. The Labute approximate surface area is 215 Å². The molecular formula is C31H39N3O2. The Kier molecular flexibility index (Phi) is 7.51. The van der Waals surface area contributed by atoms with Crippen molar-refractivity contribution in [3.05, 3.63) is 78.0 Å². The minimum absolute atomic E-state index is 0.0530. The molecule has 0 atom stereocenters. The van der Waals surface area contributed by atoms with E-state index in [1.807, 2.05) is 73.7 Å². The number of rotatable bonds is 8. The van der Waals surface area contributed by atoms with Gasteiger partial charge in [0.05, 0.1) is 0 Å².